The summed E-state index contributed by atoms with van der Waals surface area (Å²) in [6, 6.07) is 11.8. The predicted octanol–water partition coefficient (Wildman–Crippen LogP) is 6.40. The number of ether oxygens (including phenoxy) is 1. The topological polar surface area (TPSA) is 96.0 Å². The number of piperidine rings is 1. The van der Waals surface area contributed by atoms with Gasteiger partial charge in [-0.2, -0.15) is 0 Å². The van der Waals surface area contributed by atoms with E-state index in [1.165, 1.54) is 0 Å². The Labute approximate surface area is 221 Å². The minimum absolute atomic E-state index is 0.246. The van der Waals surface area contributed by atoms with Gasteiger partial charge in [-0.15, -0.1) is 0 Å². The molecule has 8 nitrogen and oxygen atoms in total. The van der Waals surface area contributed by atoms with E-state index in [9.17, 15) is 4.79 Å². The van der Waals surface area contributed by atoms with Gasteiger partial charge >= 0.3 is 6.09 Å². The number of amides is 1. The summed E-state index contributed by atoms with van der Waals surface area (Å²) in [6.07, 6.45) is 6.82. The van der Waals surface area contributed by atoms with Crippen molar-refractivity contribution in [1.82, 2.24) is 24.8 Å². The Morgan fingerprint density at radius 3 is 2.73 bits per heavy atom. The summed E-state index contributed by atoms with van der Waals surface area (Å²) in [5.41, 5.74) is 4.12. The number of aromatic nitrogens is 4. The average Bonchev–Trinajstić information content (AvgIpc) is 3.33. The number of H-pyrrole nitrogens is 1. The molecule has 1 aliphatic heterocycles. The molecule has 5 rings (SSSR count). The van der Waals surface area contributed by atoms with Crippen LogP contribution in [0.3, 0.4) is 0 Å². The van der Waals surface area contributed by atoms with Crippen LogP contribution in [0.15, 0.2) is 55.0 Å². The fourth-order valence-corrected chi connectivity index (χ4v) is 4.81. The third-order valence-electron chi connectivity index (χ3n) is 6.44. The average molecular weight is 519 g/mol. The number of carbonyl (C=O) groups is 1. The van der Waals surface area contributed by atoms with E-state index in [-0.39, 0.29) is 6.09 Å². The zero-order valence-electron chi connectivity index (χ0n) is 21.3. The molecule has 0 saturated carbocycles. The van der Waals surface area contributed by atoms with Crippen LogP contribution in [0, 0.1) is 0 Å². The van der Waals surface area contributed by atoms with Gasteiger partial charge in [-0.05, 0) is 69.5 Å². The Bertz CT molecular complexity index is 1390. The molecule has 0 radical (unpaired) electrons. The lowest BCUT2D eigenvalue weighted by atomic mass is 9.93. The summed E-state index contributed by atoms with van der Waals surface area (Å²) in [5, 5.41) is 4.91. The molecule has 0 aromatic carbocycles. The summed E-state index contributed by atoms with van der Waals surface area (Å²) in [4.78, 5) is 31.3. The van der Waals surface area contributed by atoms with Crippen molar-refractivity contribution in [3.8, 4) is 11.3 Å². The van der Waals surface area contributed by atoms with Crippen LogP contribution in [0.2, 0.25) is 5.02 Å². The van der Waals surface area contributed by atoms with E-state index >= 15 is 0 Å². The van der Waals surface area contributed by atoms with Crippen LogP contribution < -0.4 is 5.32 Å². The number of nitrogens with zero attached hydrogens (tertiary/aromatic N) is 4. The highest BCUT2D eigenvalue weighted by molar-refractivity contribution is 6.33. The van der Waals surface area contributed by atoms with Gasteiger partial charge in [0.15, 0.2) is 0 Å². The van der Waals surface area contributed by atoms with Gasteiger partial charge in [0.05, 0.1) is 10.7 Å². The van der Waals surface area contributed by atoms with E-state index in [0.29, 0.717) is 36.3 Å². The van der Waals surface area contributed by atoms with Crippen molar-refractivity contribution in [2.45, 2.75) is 51.7 Å². The number of nitrogens with one attached hydrogen (secondary N) is 2. The molecule has 37 heavy (non-hydrogen) atoms. The molecule has 1 aliphatic rings. The highest BCUT2D eigenvalue weighted by Gasteiger charge is 2.28. The first-order valence-electron chi connectivity index (χ1n) is 12.5. The first-order chi connectivity index (χ1) is 17.8. The minimum atomic E-state index is -0.492. The minimum Gasteiger partial charge on any atom is -0.444 e. The molecule has 4 aromatic rings. The molecule has 0 atom stereocenters. The number of pyridine rings is 3. The van der Waals surface area contributed by atoms with Gasteiger partial charge in [0.2, 0.25) is 0 Å². The third-order valence-corrected chi connectivity index (χ3v) is 6.74. The van der Waals surface area contributed by atoms with Crippen LogP contribution in [-0.4, -0.2) is 49.6 Å². The van der Waals surface area contributed by atoms with E-state index in [1.807, 2.05) is 57.3 Å². The molecular weight excluding hydrogens is 488 g/mol. The van der Waals surface area contributed by atoms with E-state index in [2.05, 4.69) is 26.3 Å². The second-order valence-electron chi connectivity index (χ2n) is 10.3. The highest BCUT2D eigenvalue weighted by Crippen LogP contribution is 2.36. The molecule has 1 fully saturated rings. The van der Waals surface area contributed by atoms with Crippen molar-refractivity contribution in [1.29, 1.82) is 0 Å². The molecule has 4 aromatic heterocycles. The lowest BCUT2D eigenvalue weighted by Crippen LogP contribution is -2.41. The number of aromatic amines is 1. The van der Waals surface area contributed by atoms with Gasteiger partial charge in [0.1, 0.15) is 17.1 Å². The van der Waals surface area contributed by atoms with Crippen LogP contribution in [-0.2, 0) is 11.3 Å². The van der Waals surface area contributed by atoms with Gasteiger partial charge in [0.25, 0.3) is 0 Å². The quantitative estimate of drug-likeness (QED) is 0.317. The number of rotatable bonds is 5. The molecule has 2 N–H and O–H groups in total. The summed E-state index contributed by atoms with van der Waals surface area (Å²) >= 11 is 6.62. The van der Waals surface area contributed by atoms with Crippen LogP contribution in [0.1, 0.15) is 50.8 Å². The zero-order valence-corrected chi connectivity index (χ0v) is 22.0. The molecule has 0 unspecified atom stereocenters. The maximum Gasteiger partial charge on any atom is 0.410 e. The molecular formula is C28H31ClN6O2. The van der Waals surface area contributed by atoms with Crippen molar-refractivity contribution < 1.29 is 9.53 Å². The lowest BCUT2D eigenvalue weighted by Gasteiger charge is -2.33. The number of fused-ring (bicyclic) bond motifs is 1. The monoisotopic (exact) mass is 518 g/mol. The van der Waals surface area contributed by atoms with Crippen LogP contribution in [0.4, 0.5) is 10.6 Å². The van der Waals surface area contributed by atoms with E-state index in [1.54, 1.807) is 17.3 Å². The highest BCUT2D eigenvalue weighted by atomic mass is 35.5. The van der Waals surface area contributed by atoms with Gasteiger partial charge in [-0.25, -0.2) is 14.8 Å². The third kappa shape index (κ3) is 5.85. The van der Waals surface area contributed by atoms with E-state index < -0.39 is 5.60 Å². The van der Waals surface area contributed by atoms with Gasteiger partial charge < -0.3 is 19.9 Å². The van der Waals surface area contributed by atoms with Gasteiger partial charge in [0, 0.05) is 60.8 Å². The number of carbonyl (C=O) groups excluding carboxylic acids is 1. The Kier molecular flexibility index (Phi) is 7.02. The Morgan fingerprint density at radius 2 is 2.00 bits per heavy atom. The van der Waals surface area contributed by atoms with Crippen molar-refractivity contribution in [3.63, 3.8) is 0 Å². The summed E-state index contributed by atoms with van der Waals surface area (Å²) < 4.78 is 5.54. The van der Waals surface area contributed by atoms with Gasteiger partial charge in [-0.1, -0.05) is 17.7 Å². The number of halogens is 1. The first-order valence-corrected chi connectivity index (χ1v) is 12.9. The van der Waals surface area contributed by atoms with Crippen LogP contribution >= 0.6 is 11.6 Å². The second-order valence-corrected chi connectivity index (χ2v) is 10.7. The van der Waals surface area contributed by atoms with E-state index in [0.717, 1.165) is 46.5 Å². The second kappa shape index (κ2) is 10.4. The predicted molar refractivity (Wildman–Crippen MR) is 146 cm³/mol. The fourth-order valence-electron chi connectivity index (χ4n) is 4.60. The van der Waals surface area contributed by atoms with Crippen molar-refractivity contribution in [2.75, 3.05) is 18.4 Å². The van der Waals surface area contributed by atoms with Crippen molar-refractivity contribution >= 4 is 34.5 Å². The standard InChI is InChI=1S/C28H31ClN6O2/c1-28(2,3)37-27(36)35-13-9-19(10-14-35)23-15-21-20(8-12-31-26(21)33-23)25-22(29)6-7-24(34-25)32-17-18-5-4-11-30-16-18/h4-8,11-12,15-16,19H,9-10,13-14,17H2,1-3H3,(H,31,33)(H,32,34). The number of hydrogen-bond donors (Lipinski definition) is 2. The molecule has 1 saturated heterocycles. The first kappa shape index (κ1) is 25.0. The molecule has 0 aliphatic carbocycles. The molecule has 0 spiro atoms. The Morgan fingerprint density at radius 1 is 1.19 bits per heavy atom. The van der Waals surface area contributed by atoms with Crippen molar-refractivity contribution in [2.24, 2.45) is 0 Å². The molecule has 1 amide bonds. The Balaban J connectivity index is 1.34. The molecule has 9 heteroatoms. The molecule has 0 bridgehead atoms. The summed E-state index contributed by atoms with van der Waals surface area (Å²) in [5.74, 6) is 1.04. The van der Waals surface area contributed by atoms with E-state index in [4.69, 9.17) is 21.3 Å². The van der Waals surface area contributed by atoms with Crippen LogP contribution in [0.25, 0.3) is 22.3 Å². The zero-order chi connectivity index (χ0) is 26.0. The molecule has 5 heterocycles. The molecule has 192 valence electrons. The van der Waals surface area contributed by atoms with Crippen molar-refractivity contribution in [3.05, 3.63) is 71.3 Å². The smallest absolute Gasteiger partial charge is 0.410 e. The fraction of sp³-hybridized carbons (Fsp3) is 0.357. The SMILES string of the molecule is CC(C)(C)OC(=O)N1CCC(c2cc3c(-c4nc(NCc5cccnc5)ccc4Cl)ccnc3[nH]2)CC1. The lowest BCUT2D eigenvalue weighted by molar-refractivity contribution is 0.0204. The van der Waals surface area contributed by atoms with Crippen LogP contribution in [0.5, 0.6) is 0 Å². The summed E-state index contributed by atoms with van der Waals surface area (Å²) in [7, 11) is 0. The number of likely N-dealkylation sites (tertiary alicyclic amines) is 1. The largest absolute Gasteiger partial charge is 0.444 e. The summed E-state index contributed by atoms with van der Waals surface area (Å²) in [6.45, 7) is 7.60. The normalized spacial score (nSPS) is 14.6. The maximum atomic E-state index is 12.4. The van der Waals surface area contributed by atoms with Gasteiger partial charge in [-0.3, -0.25) is 4.98 Å². The number of anilines is 1. The number of hydrogen-bond acceptors (Lipinski definition) is 6. The Hall–Kier alpha value is -3.65. The maximum absolute atomic E-state index is 12.4.